The van der Waals surface area contributed by atoms with E-state index in [1.54, 1.807) is 12.1 Å². The largest absolute Gasteiger partial charge is 0.345 e. The molecule has 33 heavy (non-hydrogen) atoms. The number of hydrogen-bond donors (Lipinski definition) is 3. The third kappa shape index (κ3) is 7.15. The van der Waals surface area contributed by atoms with Gasteiger partial charge in [-0.3, -0.25) is 9.59 Å². The van der Waals surface area contributed by atoms with Crippen molar-refractivity contribution in [2.45, 2.75) is 24.3 Å². The van der Waals surface area contributed by atoms with Gasteiger partial charge in [-0.05, 0) is 47.5 Å². The minimum absolute atomic E-state index is 0.0415. The van der Waals surface area contributed by atoms with Crippen LogP contribution in [0.4, 0.5) is 5.69 Å². The van der Waals surface area contributed by atoms with E-state index < -0.39 is 16.1 Å². The third-order valence-corrected chi connectivity index (χ3v) is 6.50. The fraction of sp³-hybridized carbons (Fsp3) is 0.167. The first-order valence-electron chi connectivity index (χ1n) is 10.2. The number of carbonyl (C=O) groups is 2. The lowest BCUT2D eigenvalue weighted by atomic mass is 9.98. The van der Waals surface area contributed by atoms with Crippen molar-refractivity contribution in [2.24, 2.45) is 0 Å². The first-order chi connectivity index (χ1) is 15.7. The Morgan fingerprint density at radius 2 is 1.48 bits per heavy atom. The summed E-state index contributed by atoms with van der Waals surface area (Å²) < 4.78 is 27.4. The molecular formula is C24H24ClN3O4S. The van der Waals surface area contributed by atoms with Gasteiger partial charge in [0.2, 0.25) is 21.8 Å². The number of amides is 2. The molecular weight excluding hydrogens is 462 g/mol. The minimum Gasteiger partial charge on any atom is -0.345 e. The average Bonchev–Trinajstić information content (AvgIpc) is 2.79. The molecule has 2 amide bonds. The van der Waals surface area contributed by atoms with E-state index in [9.17, 15) is 18.0 Å². The fourth-order valence-electron chi connectivity index (χ4n) is 3.20. The summed E-state index contributed by atoms with van der Waals surface area (Å²) in [7, 11) is -3.80. The highest BCUT2D eigenvalue weighted by Crippen LogP contribution is 2.23. The van der Waals surface area contributed by atoms with Crippen LogP contribution in [-0.4, -0.2) is 26.8 Å². The van der Waals surface area contributed by atoms with E-state index in [0.29, 0.717) is 10.7 Å². The molecule has 3 aromatic rings. The van der Waals surface area contributed by atoms with Crippen LogP contribution in [0.1, 0.15) is 30.5 Å². The normalized spacial score (nSPS) is 12.1. The number of anilines is 1. The topological polar surface area (TPSA) is 104 Å². The molecule has 172 valence electrons. The second-order valence-corrected chi connectivity index (χ2v) is 9.52. The number of nitrogens with one attached hydrogen (secondary N) is 3. The van der Waals surface area contributed by atoms with Crippen LogP contribution in [0.5, 0.6) is 0 Å². The van der Waals surface area contributed by atoms with Crippen LogP contribution in [0.25, 0.3) is 0 Å². The number of rotatable bonds is 9. The maximum Gasteiger partial charge on any atom is 0.240 e. The molecule has 9 heteroatoms. The van der Waals surface area contributed by atoms with Crippen LogP contribution in [0.2, 0.25) is 5.02 Å². The van der Waals surface area contributed by atoms with Crippen LogP contribution in [0.3, 0.4) is 0 Å². The first kappa shape index (κ1) is 24.4. The van der Waals surface area contributed by atoms with Crippen molar-refractivity contribution in [3.05, 3.63) is 95.0 Å². The maximum absolute atomic E-state index is 12.6. The SMILES string of the molecule is CC(=O)Nc1ccc(S(=O)(=O)NCCC(=O)NC(c2ccccc2)c2ccc(Cl)cc2)cc1. The molecule has 0 saturated carbocycles. The number of sulfonamides is 1. The van der Waals surface area contributed by atoms with Gasteiger partial charge in [0.25, 0.3) is 0 Å². The Morgan fingerprint density at radius 1 is 0.879 bits per heavy atom. The summed E-state index contributed by atoms with van der Waals surface area (Å²) >= 11 is 5.99. The molecule has 0 spiro atoms. The second-order valence-electron chi connectivity index (χ2n) is 7.32. The zero-order chi connectivity index (χ0) is 23.8. The van der Waals surface area contributed by atoms with Crippen molar-refractivity contribution in [1.82, 2.24) is 10.0 Å². The highest BCUT2D eigenvalue weighted by atomic mass is 35.5. The van der Waals surface area contributed by atoms with E-state index in [2.05, 4.69) is 15.4 Å². The quantitative estimate of drug-likeness (QED) is 0.428. The van der Waals surface area contributed by atoms with Crippen molar-refractivity contribution < 1.29 is 18.0 Å². The number of halogens is 1. The summed E-state index contributed by atoms with van der Waals surface area (Å²) in [6, 6.07) is 22.1. The predicted octanol–water partition coefficient (Wildman–Crippen LogP) is 3.87. The lowest BCUT2D eigenvalue weighted by Gasteiger charge is -2.20. The third-order valence-electron chi connectivity index (χ3n) is 4.77. The fourth-order valence-corrected chi connectivity index (χ4v) is 4.35. The van der Waals surface area contributed by atoms with Crippen LogP contribution in [0, 0.1) is 0 Å². The maximum atomic E-state index is 12.6. The van der Waals surface area contributed by atoms with Gasteiger partial charge in [-0.1, -0.05) is 54.1 Å². The molecule has 0 radical (unpaired) electrons. The van der Waals surface area contributed by atoms with Crippen molar-refractivity contribution in [3.8, 4) is 0 Å². The van der Waals surface area contributed by atoms with Crippen molar-refractivity contribution in [1.29, 1.82) is 0 Å². The second kappa shape index (κ2) is 11.1. The van der Waals surface area contributed by atoms with Crippen LogP contribution >= 0.6 is 11.6 Å². The highest BCUT2D eigenvalue weighted by molar-refractivity contribution is 7.89. The molecule has 3 aromatic carbocycles. The van der Waals surface area contributed by atoms with Gasteiger partial charge >= 0.3 is 0 Å². The van der Waals surface area contributed by atoms with Gasteiger partial charge in [0.05, 0.1) is 10.9 Å². The predicted molar refractivity (Wildman–Crippen MR) is 128 cm³/mol. The molecule has 0 bridgehead atoms. The Balaban J connectivity index is 1.61. The zero-order valence-corrected chi connectivity index (χ0v) is 19.5. The summed E-state index contributed by atoms with van der Waals surface area (Å²) in [6.07, 6.45) is -0.0415. The van der Waals surface area contributed by atoms with Gasteiger partial charge in [-0.25, -0.2) is 13.1 Å². The Morgan fingerprint density at radius 3 is 2.09 bits per heavy atom. The monoisotopic (exact) mass is 485 g/mol. The molecule has 0 fully saturated rings. The lowest BCUT2D eigenvalue weighted by Crippen LogP contribution is -2.33. The molecule has 7 nitrogen and oxygen atoms in total. The molecule has 0 saturated heterocycles. The van der Waals surface area contributed by atoms with Gasteiger partial charge in [-0.2, -0.15) is 0 Å². The number of hydrogen-bond acceptors (Lipinski definition) is 4. The van der Waals surface area contributed by atoms with Crippen molar-refractivity contribution in [3.63, 3.8) is 0 Å². The molecule has 0 aliphatic carbocycles. The Hall–Kier alpha value is -3.20. The molecule has 1 atom stereocenters. The number of carbonyl (C=O) groups excluding carboxylic acids is 2. The van der Waals surface area contributed by atoms with E-state index in [0.717, 1.165) is 11.1 Å². The van der Waals surface area contributed by atoms with E-state index in [4.69, 9.17) is 11.6 Å². The average molecular weight is 486 g/mol. The van der Waals surface area contributed by atoms with E-state index in [1.807, 2.05) is 42.5 Å². The first-order valence-corrected chi connectivity index (χ1v) is 12.1. The van der Waals surface area contributed by atoms with Crippen molar-refractivity contribution in [2.75, 3.05) is 11.9 Å². The Bertz CT molecular complexity index is 1200. The van der Waals surface area contributed by atoms with E-state index in [-0.39, 0.29) is 29.7 Å². The van der Waals surface area contributed by atoms with Gasteiger partial charge in [-0.15, -0.1) is 0 Å². The van der Waals surface area contributed by atoms with Gasteiger partial charge in [0.15, 0.2) is 0 Å². The lowest BCUT2D eigenvalue weighted by molar-refractivity contribution is -0.121. The zero-order valence-electron chi connectivity index (χ0n) is 17.9. The minimum atomic E-state index is -3.80. The van der Waals surface area contributed by atoms with Gasteiger partial charge in [0.1, 0.15) is 0 Å². The molecule has 0 heterocycles. The molecule has 3 rings (SSSR count). The molecule has 1 unspecified atom stereocenters. The molecule has 0 aliphatic heterocycles. The Labute approximate surface area is 198 Å². The van der Waals surface area contributed by atoms with E-state index >= 15 is 0 Å². The standard InChI is InChI=1S/C24H24ClN3O4S/c1-17(29)27-21-11-13-22(14-12-21)33(31,32)26-16-15-23(30)28-24(18-5-3-2-4-6-18)19-7-9-20(25)10-8-19/h2-14,24,26H,15-16H2,1H3,(H,27,29)(H,28,30). The Kier molecular flexibility index (Phi) is 8.21. The molecule has 3 N–H and O–H groups in total. The summed E-state index contributed by atoms with van der Waals surface area (Å²) in [5.41, 5.74) is 2.25. The van der Waals surface area contributed by atoms with Crippen LogP contribution in [0.15, 0.2) is 83.8 Å². The van der Waals surface area contributed by atoms with E-state index in [1.165, 1.54) is 31.2 Å². The summed E-state index contributed by atoms with van der Waals surface area (Å²) in [4.78, 5) is 23.8. The van der Waals surface area contributed by atoms with Crippen molar-refractivity contribution >= 4 is 39.1 Å². The summed E-state index contributed by atoms with van der Waals surface area (Å²) in [5.74, 6) is -0.551. The van der Waals surface area contributed by atoms with Gasteiger partial charge in [0, 0.05) is 30.6 Å². The molecule has 0 aromatic heterocycles. The van der Waals surface area contributed by atoms with Crippen LogP contribution in [-0.2, 0) is 19.6 Å². The highest BCUT2D eigenvalue weighted by Gasteiger charge is 2.18. The summed E-state index contributed by atoms with van der Waals surface area (Å²) in [5, 5.41) is 6.13. The molecule has 0 aliphatic rings. The van der Waals surface area contributed by atoms with Crippen LogP contribution < -0.4 is 15.4 Å². The smallest absolute Gasteiger partial charge is 0.240 e. The number of benzene rings is 3. The van der Waals surface area contributed by atoms with Gasteiger partial charge < -0.3 is 10.6 Å². The summed E-state index contributed by atoms with van der Waals surface area (Å²) in [6.45, 7) is 1.30.